The van der Waals surface area contributed by atoms with Crippen LogP contribution in [0.1, 0.15) is 26.2 Å². The first-order valence-electron chi connectivity index (χ1n) is 7.59. The highest BCUT2D eigenvalue weighted by molar-refractivity contribution is 7.25. The summed E-state index contributed by atoms with van der Waals surface area (Å²) in [4.78, 5) is 33.4. The summed E-state index contributed by atoms with van der Waals surface area (Å²) in [7, 11) is 0. The van der Waals surface area contributed by atoms with E-state index in [-0.39, 0.29) is 11.5 Å². The zero-order valence-corrected chi connectivity index (χ0v) is 13.6. The Morgan fingerprint density at radius 2 is 2.22 bits per heavy atom. The minimum atomic E-state index is -0.191. The Morgan fingerprint density at radius 1 is 1.35 bits per heavy atom. The van der Waals surface area contributed by atoms with Crippen LogP contribution in [-0.2, 0) is 16.1 Å². The number of esters is 1. The van der Waals surface area contributed by atoms with Gasteiger partial charge < -0.3 is 4.74 Å². The van der Waals surface area contributed by atoms with Crippen LogP contribution < -0.4 is 5.56 Å². The van der Waals surface area contributed by atoms with Crippen LogP contribution in [0.25, 0.3) is 20.4 Å². The van der Waals surface area contributed by atoms with Gasteiger partial charge in [-0.1, -0.05) is 0 Å². The predicted octanol–water partition coefficient (Wildman–Crippen LogP) is 2.74. The Labute approximate surface area is 136 Å². The number of aryl methyl sites for hydroxylation is 1. The normalized spacial score (nSPS) is 11.2. The molecule has 7 heteroatoms. The molecule has 0 saturated carbocycles. The molecule has 0 fully saturated rings. The van der Waals surface area contributed by atoms with E-state index in [1.165, 1.54) is 11.3 Å². The summed E-state index contributed by atoms with van der Waals surface area (Å²) >= 11 is 1.37. The fourth-order valence-corrected chi connectivity index (χ4v) is 3.49. The Hall–Kier alpha value is -2.28. The van der Waals surface area contributed by atoms with E-state index in [9.17, 15) is 9.59 Å². The number of aromatic nitrogens is 3. The number of hydrogen-bond acceptors (Lipinski definition) is 6. The van der Waals surface area contributed by atoms with Crippen molar-refractivity contribution in [3.8, 4) is 0 Å². The maximum Gasteiger partial charge on any atom is 0.305 e. The first-order valence-corrected chi connectivity index (χ1v) is 8.40. The summed E-state index contributed by atoms with van der Waals surface area (Å²) in [6, 6.07) is 3.77. The molecule has 0 aliphatic heterocycles. The summed E-state index contributed by atoms with van der Waals surface area (Å²) in [5.41, 5.74) is 0.667. The zero-order chi connectivity index (χ0) is 16.2. The Kier molecular flexibility index (Phi) is 4.66. The average molecular weight is 331 g/mol. The van der Waals surface area contributed by atoms with Crippen molar-refractivity contribution >= 4 is 37.7 Å². The van der Waals surface area contributed by atoms with Crippen LogP contribution >= 0.6 is 11.3 Å². The van der Waals surface area contributed by atoms with Crippen molar-refractivity contribution in [2.45, 2.75) is 32.7 Å². The van der Waals surface area contributed by atoms with Gasteiger partial charge in [0, 0.05) is 24.5 Å². The maximum absolute atomic E-state index is 12.5. The Bertz CT molecular complexity index is 900. The highest BCUT2D eigenvalue weighted by atomic mass is 32.1. The lowest BCUT2D eigenvalue weighted by atomic mass is 10.2. The standard InChI is InChI=1S/C16H17N3O3S/c1-2-22-12(20)7-3-4-9-19-10-18-13-11-6-5-8-17-15(11)23-14(13)16(19)21/h5-6,8,10H,2-4,7,9H2,1H3. The molecule has 0 aliphatic rings. The van der Waals surface area contributed by atoms with Gasteiger partial charge in [0.25, 0.3) is 5.56 Å². The van der Waals surface area contributed by atoms with E-state index < -0.39 is 0 Å². The zero-order valence-electron chi connectivity index (χ0n) is 12.8. The van der Waals surface area contributed by atoms with Crippen LogP contribution in [0.4, 0.5) is 0 Å². The third-order valence-electron chi connectivity index (χ3n) is 3.56. The van der Waals surface area contributed by atoms with E-state index in [0.717, 1.165) is 16.6 Å². The molecule has 120 valence electrons. The van der Waals surface area contributed by atoms with Crippen molar-refractivity contribution in [1.82, 2.24) is 14.5 Å². The molecule has 0 aromatic carbocycles. The Balaban J connectivity index is 1.75. The number of carbonyl (C=O) groups is 1. The van der Waals surface area contributed by atoms with Gasteiger partial charge in [-0.05, 0) is 31.9 Å². The lowest BCUT2D eigenvalue weighted by molar-refractivity contribution is -0.143. The molecule has 3 rings (SSSR count). The van der Waals surface area contributed by atoms with Gasteiger partial charge in [0.1, 0.15) is 9.53 Å². The molecule has 0 bridgehead atoms. The monoisotopic (exact) mass is 331 g/mol. The molecule has 0 amide bonds. The molecule has 3 heterocycles. The number of carbonyl (C=O) groups excluding carboxylic acids is 1. The number of rotatable bonds is 6. The van der Waals surface area contributed by atoms with Gasteiger partial charge >= 0.3 is 5.97 Å². The first kappa shape index (κ1) is 15.6. The van der Waals surface area contributed by atoms with Gasteiger partial charge in [-0.3, -0.25) is 14.2 Å². The van der Waals surface area contributed by atoms with Gasteiger partial charge in [0.15, 0.2) is 0 Å². The molecule has 3 aromatic rings. The number of ether oxygens (including phenoxy) is 1. The number of fused-ring (bicyclic) bond motifs is 3. The van der Waals surface area contributed by atoms with Crippen LogP contribution in [0.3, 0.4) is 0 Å². The van der Waals surface area contributed by atoms with Crippen molar-refractivity contribution in [2.75, 3.05) is 6.61 Å². The number of nitrogens with zero attached hydrogens (tertiary/aromatic N) is 3. The van der Waals surface area contributed by atoms with Gasteiger partial charge in [-0.25, -0.2) is 9.97 Å². The van der Waals surface area contributed by atoms with E-state index in [2.05, 4.69) is 9.97 Å². The first-order chi connectivity index (χ1) is 11.2. The molecule has 3 aromatic heterocycles. The smallest absolute Gasteiger partial charge is 0.305 e. The second kappa shape index (κ2) is 6.87. The molecule has 0 unspecified atom stereocenters. The van der Waals surface area contributed by atoms with Crippen LogP contribution in [0.5, 0.6) is 0 Å². The molecule has 0 spiro atoms. The van der Waals surface area contributed by atoms with E-state index in [1.54, 1.807) is 24.0 Å². The van der Waals surface area contributed by atoms with E-state index in [4.69, 9.17) is 4.74 Å². The third kappa shape index (κ3) is 3.24. The summed E-state index contributed by atoms with van der Waals surface area (Å²) < 4.78 is 7.12. The highest BCUT2D eigenvalue weighted by Crippen LogP contribution is 2.27. The molecular weight excluding hydrogens is 314 g/mol. The van der Waals surface area contributed by atoms with Gasteiger partial charge in [0.05, 0.1) is 18.5 Å². The fraction of sp³-hybridized carbons (Fsp3) is 0.375. The van der Waals surface area contributed by atoms with Crippen LogP contribution in [-0.4, -0.2) is 27.1 Å². The quantitative estimate of drug-likeness (QED) is 0.513. The van der Waals surface area contributed by atoms with Crippen LogP contribution in [0.2, 0.25) is 0 Å². The molecule has 23 heavy (non-hydrogen) atoms. The minimum Gasteiger partial charge on any atom is -0.466 e. The van der Waals surface area contributed by atoms with Crippen molar-refractivity contribution in [2.24, 2.45) is 0 Å². The molecule has 0 N–H and O–H groups in total. The third-order valence-corrected chi connectivity index (χ3v) is 4.65. The highest BCUT2D eigenvalue weighted by Gasteiger charge is 2.11. The summed E-state index contributed by atoms with van der Waals surface area (Å²) in [6.07, 6.45) is 5.09. The topological polar surface area (TPSA) is 74.1 Å². The summed E-state index contributed by atoms with van der Waals surface area (Å²) in [6.45, 7) is 2.74. The average Bonchev–Trinajstić information content (AvgIpc) is 2.93. The van der Waals surface area contributed by atoms with Crippen molar-refractivity contribution in [3.63, 3.8) is 0 Å². The predicted molar refractivity (Wildman–Crippen MR) is 89.7 cm³/mol. The molecule has 0 saturated heterocycles. The van der Waals surface area contributed by atoms with Gasteiger partial charge in [-0.15, -0.1) is 11.3 Å². The van der Waals surface area contributed by atoms with Crippen molar-refractivity contribution < 1.29 is 9.53 Å². The van der Waals surface area contributed by atoms with E-state index in [0.29, 0.717) is 36.2 Å². The van der Waals surface area contributed by atoms with Crippen LogP contribution in [0.15, 0.2) is 29.5 Å². The molecule has 6 nitrogen and oxygen atoms in total. The van der Waals surface area contributed by atoms with Crippen LogP contribution in [0, 0.1) is 0 Å². The lowest BCUT2D eigenvalue weighted by Crippen LogP contribution is -2.19. The summed E-state index contributed by atoms with van der Waals surface area (Å²) in [5.74, 6) is -0.191. The van der Waals surface area contributed by atoms with Crippen molar-refractivity contribution in [3.05, 3.63) is 35.0 Å². The number of hydrogen-bond donors (Lipinski definition) is 0. The lowest BCUT2D eigenvalue weighted by Gasteiger charge is -2.05. The molecule has 0 atom stereocenters. The van der Waals surface area contributed by atoms with E-state index >= 15 is 0 Å². The summed E-state index contributed by atoms with van der Waals surface area (Å²) in [5, 5.41) is 0.916. The largest absolute Gasteiger partial charge is 0.466 e. The Morgan fingerprint density at radius 3 is 3.04 bits per heavy atom. The van der Waals surface area contributed by atoms with Gasteiger partial charge in [-0.2, -0.15) is 0 Å². The fourth-order valence-electron chi connectivity index (χ4n) is 2.45. The number of unbranched alkanes of at least 4 members (excludes halogenated alkanes) is 1. The number of pyridine rings is 1. The SMILES string of the molecule is CCOC(=O)CCCCn1cnc2c(sc3ncccc32)c1=O. The molecule has 0 aliphatic carbocycles. The minimum absolute atomic E-state index is 0.0471. The van der Waals surface area contributed by atoms with Crippen molar-refractivity contribution in [1.29, 1.82) is 0 Å². The molecule has 0 radical (unpaired) electrons. The van der Waals surface area contributed by atoms with E-state index in [1.807, 2.05) is 12.1 Å². The second-order valence-electron chi connectivity index (χ2n) is 5.14. The van der Waals surface area contributed by atoms with Gasteiger partial charge in [0.2, 0.25) is 0 Å². The second-order valence-corrected chi connectivity index (χ2v) is 6.14. The maximum atomic E-state index is 12.5. The number of thiophene rings is 1. The molecular formula is C16H17N3O3S.